The van der Waals surface area contributed by atoms with Crippen LogP contribution in [0.15, 0.2) is 30.6 Å². The van der Waals surface area contributed by atoms with Gasteiger partial charge in [0.25, 0.3) is 0 Å². The number of nitrogens with zero attached hydrogens (tertiary/aromatic N) is 3. The SMILES string of the molecule is CCC(CC)n1ccc(COc2ccc(CNC)nc2)n1. The van der Waals surface area contributed by atoms with Crippen LogP contribution in [0.25, 0.3) is 0 Å². The van der Waals surface area contributed by atoms with Gasteiger partial charge in [-0.15, -0.1) is 0 Å². The Morgan fingerprint density at radius 3 is 2.62 bits per heavy atom. The van der Waals surface area contributed by atoms with Crippen molar-refractivity contribution in [2.75, 3.05) is 7.05 Å². The molecule has 0 aliphatic carbocycles. The highest BCUT2D eigenvalue weighted by Gasteiger charge is 2.08. The molecule has 0 aliphatic heterocycles. The molecule has 1 N–H and O–H groups in total. The van der Waals surface area contributed by atoms with E-state index in [0.717, 1.165) is 36.5 Å². The molecule has 0 aliphatic rings. The fourth-order valence-corrected chi connectivity index (χ4v) is 2.26. The molecule has 0 radical (unpaired) electrons. The van der Waals surface area contributed by atoms with Crippen molar-refractivity contribution in [3.63, 3.8) is 0 Å². The smallest absolute Gasteiger partial charge is 0.138 e. The number of aromatic nitrogens is 3. The molecule has 0 saturated carbocycles. The van der Waals surface area contributed by atoms with Gasteiger partial charge in [-0.1, -0.05) is 13.8 Å². The first-order chi connectivity index (χ1) is 10.3. The van der Waals surface area contributed by atoms with Gasteiger partial charge in [0, 0.05) is 12.7 Å². The lowest BCUT2D eigenvalue weighted by Crippen LogP contribution is -2.08. The Labute approximate surface area is 126 Å². The second kappa shape index (κ2) is 7.78. The third kappa shape index (κ3) is 4.29. The van der Waals surface area contributed by atoms with Gasteiger partial charge in [-0.25, -0.2) is 0 Å². The monoisotopic (exact) mass is 288 g/mol. The third-order valence-electron chi connectivity index (χ3n) is 3.52. The molecule has 2 aromatic heterocycles. The largest absolute Gasteiger partial charge is 0.486 e. The molecule has 0 atom stereocenters. The van der Waals surface area contributed by atoms with Gasteiger partial charge in [-0.2, -0.15) is 5.10 Å². The summed E-state index contributed by atoms with van der Waals surface area (Å²) in [4.78, 5) is 4.33. The highest BCUT2D eigenvalue weighted by atomic mass is 16.5. The first-order valence-corrected chi connectivity index (χ1v) is 7.53. The second-order valence-corrected chi connectivity index (χ2v) is 5.06. The van der Waals surface area contributed by atoms with Crippen molar-refractivity contribution < 1.29 is 4.74 Å². The number of hydrogen-bond acceptors (Lipinski definition) is 4. The van der Waals surface area contributed by atoms with E-state index >= 15 is 0 Å². The van der Waals surface area contributed by atoms with Crippen LogP contribution >= 0.6 is 0 Å². The van der Waals surface area contributed by atoms with Crippen LogP contribution in [0.3, 0.4) is 0 Å². The van der Waals surface area contributed by atoms with Crippen LogP contribution in [0.1, 0.15) is 44.1 Å². The van der Waals surface area contributed by atoms with Gasteiger partial charge in [0.1, 0.15) is 12.4 Å². The van der Waals surface area contributed by atoms with E-state index in [2.05, 4.69) is 29.2 Å². The van der Waals surface area contributed by atoms with E-state index in [1.165, 1.54) is 0 Å². The maximum atomic E-state index is 5.73. The predicted molar refractivity (Wildman–Crippen MR) is 83.2 cm³/mol. The first kappa shape index (κ1) is 15.5. The fourth-order valence-electron chi connectivity index (χ4n) is 2.26. The summed E-state index contributed by atoms with van der Waals surface area (Å²) in [5, 5.41) is 7.65. The highest BCUT2D eigenvalue weighted by Crippen LogP contribution is 2.16. The summed E-state index contributed by atoms with van der Waals surface area (Å²) in [5.41, 5.74) is 1.95. The molecule has 21 heavy (non-hydrogen) atoms. The summed E-state index contributed by atoms with van der Waals surface area (Å²) >= 11 is 0. The standard InChI is InChI=1S/C16H24N4O/c1-4-15(5-2)20-9-8-14(19-20)12-21-16-7-6-13(10-17-3)18-11-16/h6-9,11,15,17H,4-5,10,12H2,1-3H3. The van der Waals surface area contributed by atoms with Crippen LogP contribution in [-0.2, 0) is 13.2 Å². The van der Waals surface area contributed by atoms with Crippen LogP contribution in [0.2, 0.25) is 0 Å². The van der Waals surface area contributed by atoms with Crippen molar-refractivity contribution in [1.82, 2.24) is 20.1 Å². The van der Waals surface area contributed by atoms with Gasteiger partial charge in [-0.05, 0) is 38.1 Å². The van der Waals surface area contributed by atoms with Gasteiger partial charge >= 0.3 is 0 Å². The van der Waals surface area contributed by atoms with Gasteiger partial charge in [0.2, 0.25) is 0 Å². The van der Waals surface area contributed by atoms with Crippen LogP contribution < -0.4 is 10.1 Å². The van der Waals surface area contributed by atoms with Crippen molar-refractivity contribution in [1.29, 1.82) is 0 Å². The van der Waals surface area contributed by atoms with Crippen molar-refractivity contribution in [2.24, 2.45) is 0 Å². The zero-order valence-corrected chi connectivity index (χ0v) is 13.0. The Kier molecular flexibility index (Phi) is 5.75. The predicted octanol–water partition coefficient (Wildman–Crippen LogP) is 2.94. The number of rotatable bonds is 8. The molecule has 0 aromatic carbocycles. The van der Waals surface area contributed by atoms with Crippen molar-refractivity contribution in [2.45, 2.75) is 45.9 Å². The topological polar surface area (TPSA) is 52.0 Å². The second-order valence-electron chi connectivity index (χ2n) is 5.06. The fraction of sp³-hybridized carbons (Fsp3) is 0.500. The number of hydrogen-bond donors (Lipinski definition) is 1. The molecule has 5 heteroatoms. The molecule has 0 bridgehead atoms. The van der Waals surface area contributed by atoms with Crippen LogP contribution in [0.5, 0.6) is 5.75 Å². The number of nitrogens with one attached hydrogen (secondary N) is 1. The van der Waals surface area contributed by atoms with Crippen molar-refractivity contribution in [3.8, 4) is 5.75 Å². The molecule has 0 amide bonds. The molecule has 0 saturated heterocycles. The summed E-state index contributed by atoms with van der Waals surface area (Å²) in [6.07, 6.45) is 5.97. The maximum Gasteiger partial charge on any atom is 0.138 e. The van der Waals surface area contributed by atoms with E-state index in [1.807, 2.05) is 36.1 Å². The minimum Gasteiger partial charge on any atom is -0.486 e. The lowest BCUT2D eigenvalue weighted by molar-refractivity contribution is 0.296. The van der Waals surface area contributed by atoms with E-state index in [0.29, 0.717) is 12.6 Å². The van der Waals surface area contributed by atoms with Gasteiger partial charge in [0.05, 0.1) is 23.6 Å². The van der Waals surface area contributed by atoms with Gasteiger partial charge in [-0.3, -0.25) is 9.67 Å². The minimum atomic E-state index is 0.472. The Morgan fingerprint density at radius 2 is 2.00 bits per heavy atom. The minimum absolute atomic E-state index is 0.472. The molecule has 2 rings (SSSR count). The molecular weight excluding hydrogens is 264 g/mol. The van der Waals surface area contributed by atoms with E-state index in [9.17, 15) is 0 Å². The molecular formula is C16H24N4O. The average Bonchev–Trinajstić information content (AvgIpc) is 2.97. The molecule has 0 spiro atoms. The summed E-state index contributed by atoms with van der Waals surface area (Å²) in [7, 11) is 1.91. The van der Waals surface area contributed by atoms with Gasteiger partial charge in [0.15, 0.2) is 0 Å². The molecule has 5 nitrogen and oxygen atoms in total. The van der Waals surface area contributed by atoms with E-state index in [1.54, 1.807) is 6.20 Å². The van der Waals surface area contributed by atoms with Crippen LogP contribution in [-0.4, -0.2) is 21.8 Å². The molecule has 114 valence electrons. The summed E-state index contributed by atoms with van der Waals surface area (Å²) < 4.78 is 7.76. The number of pyridine rings is 1. The summed E-state index contributed by atoms with van der Waals surface area (Å²) in [6, 6.07) is 6.40. The highest BCUT2D eigenvalue weighted by molar-refractivity contribution is 5.20. The average molecular weight is 288 g/mol. The Hall–Kier alpha value is -1.88. The lowest BCUT2D eigenvalue weighted by Gasteiger charge is -2.12. The Balaban J connectivity index is 1.90. The molecule has 0 unspecified atom stereocenters. The van der Waals surface area contributed by atoms with Crippen molar-refractivity contribution >= 4 is 0 Å². The third-order valence-corrected chi connectivity index (χ3v) is 3.52. The maximum absolute atomic E-state index is 5.73. The Bertz CT molecular complexity index is 531. The molecule has 2 aromatic rings. The van der Waals surface area contributed by atoms with E-state index in [4.69, 9.17) is 4.74 Å². The van der Waals surface area contributed by atoms with E-state index in [-0.39, 0.29) is 0 Å². The molecule has 2 heterocycles. The Morgan fingerprint density at radius 1 is 1.19 bits per heavy atom. The zero-order chi connectivity index (χ0) is 15.1. The summed E-state index contributed by atoms with van der Waals surface area (Å²) in [6.45, 7) is 5.61. The normalized spacial score (nSPS) is 11.0. The quantitative estimate of drug-likeness (QED) is 0.811. The van der Waals surface area contributed by atoms with E-state index < -0.39 is 0 Å². The number of ether oxygens (including phenoxy) is 1. The summed E-state index contributed by atoms with van der Waals surface area (Å²) in [5.74, 6) is 0.770. The zero-order valence-electron chi connectivity index (χ0n) is 13.0. The first-order valence-electron chi connectivity index (χ1n) is 7.53. The van der Waals surface area contributed by atoms with Crippen molar-refractivity contribution in [3.05, 3.63) is 42.0 Å². The lowest BCUT2D eigenvalue weighted by atomic mass is 10.2. The van der Waals surface area contributed by atoms with Crippen LogP contribution in [0.4, 0.5) is 0 Å². The van der Waals surface area contributed by atoms with Crippen LogP contribution in [0, 0.1) is 0 Å². The molecule has 0 fully saturated rings. The van der Waals surface area contributed by atoms with Gasteiger partial charge < -0.3 is 10.1 Å².